The third kappa shape index (κ3) is 6.02. The number of aldehydes is 1. The second kappa shape index (κ2) is 9.74. The molecule has 0 aromatic heterocycles. The summed E-state index contributed by atoms with van der Waals surface area (Å²) in [4.78, 5) is 12.7. The molecule has 0 spiro atoms. The average molecular weight is 261 g/mol. The molecular weight excluding hydrogens is 234 g/mol. The molecule has 2 heteroatoms. The second-order valence-corrected chi connectivity index (χ2v) is 4.93. The molecule has 0 amide bonds. The third-order valence-corrected chi connectivity index (χ3v) is 3.64. The Balaban J connectivity index is 0.000000861. The lowest BCUT2D eigenvalue weighted by Crippen LogP contribution is -2.35. The van der Waals surface area contributed by atoms with Gasteiger partial charge in [-0.3, -0.25) is 0 Å². The minimum Gasteiger partial charge on any atom is -0.303 e. The molecule has 0 unspecified atom stereocenters. The molecule has 106 valence electrons. The van der Waals surface area contributed by atoms with Crippen LogP contribution in [0.1, 0.15) is 38.7 Å². The Morgan fingerprint density at radius 3 is 2.37 bits per heavy atom. The molecule has 1 aromatic carbocycles. The lowest BCUT2D eigenvalue weighted by molar-refractivity contribution is -0.108. The predicted octanol–water partition coefficient (Wildman–Crippen LogP) is 3.56. The van der Waals surface area contributed by atoms with Gasteiger partial charge in [0.15, 0.2) is 0 Å². The van der Waals surface area contributed by atoms with Crippen LogP contribution in [0.15, 0.2) is 30.3 Å². The van der Waals surface area contributed by atoms with Crippen LogP contribution in [-0.4, -0.2) is 30.8 Å². The summed E-state index contributed by atoms with van der Waals surface area (Å²) in [5, 5.41) is 0. The zero-order valence-corrected chi connectivity index (χ0v) is 12.3. The van der Waals surface area contributed by atoms with Crippen molar-refractivity contribution in [2.75, 3.05) is 19.6 Å². The van der Waals surface area contributed by atoms with Crippen molar-refractivity contribution >= 4 is 6.29 Å². The summed E-state index contributed by atoms with van der Waals surface area (Å²) in [7, 11) is 0. The van der Waals surface area contributed by atoms with Gasteiger partial charge in [-0.1, -0.05) is 44.2 Å². The normalized spacial score (nSPS) is 16.5. The Labute approximate surface area is 117 Å². The molecule has 0 bridgehead atoms. The molecule has 0 atom stereocenters. The van der Waals surface area contributed by atoms with Gasteiger partial charge >= 0.3 is 0 Å². The van der Waals surface area contributed by atoms with Gasteiger partial charge in [0.05, 0.1) is 0 Å². The van der Waals surface area contributed by atoms with Gasteiger partial charge in [0.1, 0.15) is 6.29 Å². The summed E-state index contributed by atoms with van der Waals surface area (Å²) in [5.74, 6) is 0.824. The van der Waals surface area contributed by atoms with E-state index in [2.05, 4.69) is 35.2 Å². The van der Waals surface area contributed by atoms with E-state index < -0.39 is 0 Å². The SMILES string of the molecule is CC.O=CCCN1CCC(Cc2ccccc2)CC1. The van der Waals surface area contributed by atoms with E-state index in [1.165, 1.54) is 24.8 Å². The third-order valence-electron chi connectivity index (χ3n) is 3.64. The summed E-state index contributed by atoms with van der Waals surface area (Å²) in [6, 6.07) is 10.8. The van der Waals surface area contributed by atoms with E-state index in [-0.39, 0.29) is 0 Å². The molecule has 0 radical (unpaired) electrons. The summed E-state index contributed by atoms with van der Waals surface area (Å²) in [6.07, 6.45) is 5.46. The first-order valence-corrected chi connectivity index (χ1v) is 7.58. The quantitative estimate of drug-likeness (QED) is 0.755. The van der Waals surface area contributed by atoms with Crippen LogP contribution < -0.4 is 0 Å². The number of rotatable bonds is 5. The predicted molar refractivity (Wildman–Crippen MR) is 81.3 cm³/mol. The fourth-order valence-electron chi connectivity index (χ4n) is 2.60. The lowest BCUT2D eigenvalue weighted by Gasteiger charge is -2.31. The molecule has 1 heterocycles. The van der Waals surface area contributed by atoms with E-state index in [9.17, 15) is 4.79 Å². The molecular formula is C17H27NO. The zero-order valence-electron chi connectivity index (χ0n) is 12.3. The smallest absolute Gasteiger partial charge is 0.121 e. The van der Waals surface area contributed by atoms with Crippen LogP contribution in [0, 0.1) is 5.92 Å². The number of carbonyl (C=O) groups is 1. The molecule has 0 aliphatic carbocycles. The van der Waals surface area contributed by atoms with E-state index in [0.717, 1.165) is 31.8 Å². The molecule has 1 aliphatic rings. The van der Waals surface area contributed by atoms with Crippen LogP contribution in [0.4, 0.5) is 0 Å². The van der Waals surface area contributed by atoms with Crippen LogP contribution >= 0.6 is 0 Å². The van der Waals surface area contributed by atoms with E-state index >= 15 is 0 Å². The van der Waals surface area contributed by atoms with Gasteiger partial charge in [0, 0.05) is 13.0 Å². The van der Waals surface area contributed by atoms with Gasteiger partial charge in [-0.05, 0) is 43.8 Å². The molecule has 1 fully saturated rings. The highest BCUT2D eigenvalue weighted by Gasteiger charge is 2.18. The van der Waals surface area contributed by atoms with Crippen molar-refractivity contribution in [3.63, 3.8) is 0 Å². The average Bonchev–Trinajstić information content (AvgIpc) is 2.50. The minimum absolute atomic E-state index is 0.684. The van der Waals surface area contributed by atoms with Crippen LogP contribution in [0.5, 0.6) is 0 Å². The lowest BCUT2D eigenvalue weighted by atomic mass is 9.90. The highest BCUT2D eigenvalue weighted by atomic mass is 16.1. The van der Waals surface area contributed by atoms with Gasteiger partial charge in [-0.25, -0.2) is 0 Å². The summed E-state index contributed by atoms with van der Waals surface area (Å²) in [5.41, 5.74) is 1.46. The first-order valence-electron chi connectivity index (χ1n) is 7.58. The summed E-state index contributed by atoms with van der Waals surface area (Å²) in [6.45, 7) is 7.26. The Kier molecular flexibility index (Phi) is 8.15. The number of benzene rings is 1. The van der Waals surface area contributed by atoms with Gasteiger partial charge in [0.2, 0.25) is 0 Å². The van der Waals surface area contributed by atoms with Crippen LogP contribution in [0.3, 0.4) is 0 Å². The van der Waals surface area contributed by atoms with E-state index in [1.807, 2.05) is 13.8 Å². The first kappa shape index (κ1) is 15.9. The largest absolute Gasteiger partial charge is 0.303 e. The highest BCUT2D eigenvalue weighted by molar-refractivity contribution is 5.49. The molecule has 0 saturated carbocycles. The monoisotopic (exact) mass is 261 g/mol. The molecule has 1 aromatic rings. The number of nitrogens with zero attached hydrogens (tertiary/aromatic N) is 1. The second-order valence-electron chi connectivity index (χ2n) is 4.93. The van der Waals surface area contributed by atoms with Gasteiger partial charge in [0.25, 0.3) is 0 Å². The number of hydrogen-bond acceptors (Lipinski definition) is 2. The van der Waals surface area contributed by atoms with Gasteiger partial charge in [-0.15, -0.1) is 0 Å². The molecule has 1 aliphatic heterocycles. The van der Waals surface area contributed by atoms with Crippen molar-refractivity contribution in [2.45, 2.75) is 39.5 Å². The molecule has 0 N–H and O–H groups in total. The van der Waals surface area contributed by atoms with Gasteiger partial charge < -0.3 is 9.69 Å². The minimum atomic E-state index is 0.684. The zero-order chi connectivity index (χ0) is 13.9. The molecule has 2 rings (SSSR count). The Hall–Kier alpha value is -1.15. The summed E-state index contributed by atoms with van der Waals surface area (Å²) >= 11 is 0. The Bertz CT molecular complexity index is 328. The van der Waals surface area contributed by atoms with Crippen molar-refractivity contribution in [3.8, 4) is 0 Å². The van der Waals surface area contributed by atoms with Crippen LogP contribution in [0.2, 0.25) is 0 Å². The van der Waals surface area contributed by atoms with E-state index in [1.54, 1.807) is 0 Å². The number of carbonyl (C=O) groups excluding carboxylic acids is 1. The van der Waals surface area contributed by atoms with Crippen molar-refractivity contribution in [3.05, 3.63) is 35.9 Å². The fraction of sp³-hybridized carbons (Fsp3) is 0.588. The van der Waals surface area contributed by atoms with Gasteiger partial charge in [-0.2, -0.15) is 0 Å². The molecule has 1 saturated heterocycles. The first-order chi connectivity index (χ1) is 9.38. The number of hydrogen-bond donors (Lipinski definition) is 0. The summed E-state index contributed by atoms with van der Waals surface area (Å²) < 4.78 is 0. The number of likely N-dealkylation sites (tertiary alicyclic amines) is 1. The van der Waals surface area contributed by atoms with E-state index in [0.29, 0.717) is 6.42 Å². The standard InChI is InChI=1S/C15H21NO.C2H6/c17-12-4-9-16-10-7-15(8-11-16)13-14-5-2-1-3-6-14;1-2/h1-3,5-6,12,15H,4,7-11,13H2;1-2H3. The Morgan fingerprint density at radius 2 is 1.79 bits per heavy atom. The molecule has 2 nitrogen and oxygen atoms in total. The number of piperidine rings is 1. The van der Waals surface area contributed by atoms with Crippen molar-refractivity contribution in [1.82, 2.24) is 4.90 Å². The van der Waals surface area contributed by atoms with Crippen molar-refractivity contribution in [2.24, 2.45) is 5.92 Å². The van der Waals surface area contributed by atoms with Crippen LogP contribution in [0.25, 0.3) is 0 Å². The van der Waals surface area contributed by atoms with Crippen molar-refractivity contribution in [1.29, 1.82) is 0 Å². The topological polar surface area (TPSA) is 20.3 Å². The van der Waals surface area contributed by atoms with Crippen LogP contribution in [-0.2, 0) is 11.2 Å². The fourth-order valence-corrected chi connectivity index (χ4v) is 2.60. The molecule has 19 heavy (non-hydrogen) atoms. The van der Waals surface area contributed by atoms with Crippen molar-refractivity contribution < 1.29 is 4.79 Å². The van der Waals surface area contributed by atoms with E-state index in [4.69, 9.17) is 0 Å². The maximum absolute atomic E-state index is 10.3. The maximum Gasteiger partial charge on any atom is 0.121 e. The Morgan fingerprint density at radius 1 is 1.16 bits per heavy atom. The highest BCUT2D eigenvalue weighted by Crippen LogP contribution is 2.21. The maximum atomic E-state index is 10.3.